The zero-order valence-corrected chi connectivity index (χ0v) is 14.0. The highest BCUT2D eigenvalue weighted by Crippen LogP contribution is 2.21. The molecule has 1 aromatic rings. The predicted octanol–water partition coefficient (Wildman–Crippen LogP) is 2.29. The van der Waals surface area contributed by atoms with Crippen LogP contribution in [0.1, 0.15) is 12.5 Å². The second-order valence-corrected chi connectivity index (χ2v) is 5.41. The van der Waals surface area contributed by atoms with E-state index < -0.39 is 0 Å². The van der Waals surface area contributed by atoms with E-state index in [9.17, 15) is 0 Å². The van der Waals surface area contributed by atoms with Crippen LogP contribution in [0, 0.1) is 0 Å². The van der Waals surface area contributed by atoms with Crippen molar-refractivity contribution in [3.8, 4) is 5.75 Å². The molecule has 1 aromatic carbocycles. The van der Waals surface area contributed by atoms with Crippen LogP contribution in [0.2, 0.25) is 0 Å². The van der Waals surface area contributed by atoms with Gasteiger partial charge >= 0.3 is 0 Å². The Morgan fingerprint density at radius 3 is 2.90 bits per heavy atom. The Kier molecular flexibility index (Phi) is 7.50. The second kappa shape index (κ2) is 8.89. The lowest BCUT2D eigenvalue weighted by Crippen LogP contribution is -2.40. The number of halogens is 1. The Bertz CT molecular complexity index is 483. The van der Waals surface area contributed by atoms with Crippen molar-refractivity contribution >= 4 is 39.5 Å². The number of thiocarbonyl (C=S) groups is 1. The van der Waals surface area contributed by atoms with Crippen LogP contribution >= 0.6 is 28.1 Å². The van der Waals surface area contributed by atoms with Gasteiger partial charge in [-0.3, -0.25) is 5.43 Å². The minimum absolute atomic E-state index is 0.121. The van der Waals surface area contributed by atoms with Crippen LogP contribution < -0.4 is 15.5 Å². The number of hydrazone groups is 1. The van der Waals surface area contributed by atoms with Gasteiger partial charge in [0.15, 0.2) is 5.11 Å². The van der Waals surface area contributed by atoms with E-state index in [2.05, 4.69) is 31.8 Å². The van der Waals surface area contributed by atoms with Gasteiger partial charge in [-0.05, 0) is 37.3 Å². The molecule has 0 unspecified atom stereocenters. The predicted molar refractivity (Wildman–Crippen MR) is 88.5 cm³/mol. The zero-order chi connectivity index (χ0) is 15.0. The van der Waals surface area contributed by atoms with Crippen molar-refractivity contribution in [3.63, 3.8) is 0 Å². The zero-order valence-electron chi connectivity index (χ0n) is 11.6. The van der Waals surface area contributed by atoms with Crippen LogP contribution in [0.4, 0.5) is 0 Å². The summed E-state index contributed by atoms with van der Waals surface area (Å²) in [5.41, 5.74) is 3.60. The summed E-state index contributed by atoms with van der Waals surface area (Å²) in [5.74, 6) is 0.741. The molecule has 0 saturated heterocycles. The van der Waals surface area contributed by atoms with Crippen molar-refractivity contribution in [3.05, 3.63) is 28.2 Å². The highest BCUT2D eigenvalue weighted by molar-refractivity contribution is 9.10. The molecule has 0 amide bonds. The molecule has 0 aliphatic carbocycles. The smallest absolute Gasteiger partial charge is 0.187 e. The first-order valence-corrected chi connectivity index (χ1v) is 7.19. The van der Waals surface area contributed by atoms with Gasteiger partial charge in [-0.1, -0.05) is 15.9 Å². The first-order valence-electron chi connectivity index (χ1n) is 5.99. The summed E-state index contributed by atoms with van der Waals surface area (Å²) in [5, 5.41) is 7.58. The van der Waals surface area contributed by atoms with Crippen LogP contribution in [0.25, 0.3) is 0 Å². The summed E-state index contributed by atoms with van der Waals surface area (Å²) in [4.78, 5) is 0. The van der Waals surface area contributed by atoms with Gasteiger partial charge in [0.25, 0.3) is 0 Å². The molecule has 0 radical (unpaired) electrons. The van der Waals surface area contributed by atoms with E-state index in [0.717, 1.165) is 15.8 Å². The summed E-state index contributed by atoms with van der Waals surface area (Å²) >= 11 is 8.52. The van der Waals surface area contributed by atoms with E-state index in [1.807, 2.05) is 25.1 Å². The summed E-state index contributed by atoms with van der Waals surface area (Å²) in [7, 11) is 3.26. The van der Waals surface area contributed by atoms with E-state index in [1.165, 1.54) is 0 Å². The van der Waals surface area contributed by atoms with Crippen molar-refractivity contribution in [2.75, 3.05) is 20.8 Å². The summed E-state index contributed by atoms with van der Waals surface area (Å²) in [6.07, 6.45) is 1.65. The maximum atomic E-state index is 5.25. The van der Waals surface area contributed by atoms with E-state index in [0.29, 0.717) is 11.7 Å². The van der Waals surface area contributed by atoms with Crippen LogP contribution in [0.5, 0.6) is 5.75 Å². The Labute approximate surface area is 132 Å². The van der Waals surface area contributed by atoms with Crippen molar-refractivity contribution < 1.29 is 9.47 Å². The van der Waals surface area contributed by atoms with Crippen molar-refractivity contribution in [2.45, 2.75) is 13.0 Å². The molecule has 7 heteroatoms. The van der Waals surface area contributed by atoms with Gasteiger partial charge in [0, 0.05) is 23.2 Å². The number of nitrogens with one attached hydrogen (secondary N) is 2. The second-order valence-electron chi connectivity index (χ2n) is 4.09. The Morgan fingerprint density at radius 2 is 2.25 bits per heavy atom. The molecule has 0 fully saturated rings. The van der Waals surface area contributed by atoms with Gasteiger partial charge in [-0.15, -0.1) is 0 Å². The molecule has 0 saturated carbocycles. The quantitative estimate of drug-likeness (QED) is 0.463. The lowest BCUT2D eigenvalue weighted by atomic mass is 10.2. The maximum Gasteiger partial charge on any atom is 0.187 e. The molecule has 110 valence electrons. The van der Waals surface area contributed by atoms with Crippen molar-refractivity contribution in [1.82, 2.24) is 10.7 Å². The third kappa shape index (κ3) is 5.85. The number of methoxy groups -OCH3 is 2. The number of rotatable bonds is 6. The average Bonchev–Trinajstić information content (AvgIpc) is 2.39. The normalized spacial score (nSPS) is 12.2. The molecule has 20 heavy (non-hydrogen) atoms. The largest absolute Gasteiger partial charge is 0.496 e. The van der Waals surface area contributed by atoms with Gasteiger partial charge in [0.1, 0.15) is 5.75 Å². The van der Waals surface area contributed by atoms with Gasteiger partial charge in [0.2, 0.25) is 0 Å². The van der Waals surface area contributed by atoms with Gasteiger partial charge < -0.3 is 14.8 Å². The van der Waals surface area contributed by atoms with Gasteiger partial charge in [0.05, 0.1) is 19.9 Å². The molecule has 0 bridgehead atoms. The number of hydrogen-bond acceptors (Lipinski definition) is 4. The Morgan fingerprint density at radius 1 is 1.50 bits per heavy atom. The molecule has 0 aliphatic rings. The molecule has 1 rings (SSSR count). The SMILES string of the molecule is COC[C@H](C)NC(=S)N/N=C\c1cc(Br)ccc1OC. The molecule has 2 N–H and O–H groups in total. The molecule has 1 atom stereocenters. The fourth-order valence-electron chi connectivity index (χ4n) is 1.51. The van der Waals surface area contributed by atoms with Crippen molar-refractivity contribution in [1.29, 1.82) is 0 Å². The van der Waals surface area contributed by atoms with Crippen LogP contribution in [0.3, 0.4) is 0 Å². The van der Waals surface area contributed by atoms with E-state index in [4.69, 9.17) is 21.7 Å². The third-order valence-electron chi connectivity index (χ3n) is 2.36. The Hall–Kier alpha value is -1.18. The van der Waals surface area contributed by atoms with Crippen LogP contribution in [0.15, 0.2) is 27.8 Å². The Balaban J connectivity index is 2.56. The number of hydrogen-bond donors (Lipinski definition) is 2. The fraction of sp³-hybridized carbons (Fsp3) is 0.385. The van der Waals surface area contributed by atoms with Crippen molar-refractivity contribution in [2.24, 2.45) is 5.10 Å². The standard InChI is InChI=1S/C13H18BrN3O2S/c1-9(8-18-2)16-13(20)17-15-7-10-6-11(14)4-5-12(10)19-3/h4-7,9H,8H2,1-3H3,(H2,16,17,20)/b15-7-/t9-/m0/s1. The lowest BCUT2D eigenvalue weighted by molar-refractivity contribution is 0.179. The van der Waals surface area contributed by atoms with Crippen LogP contribution in [-0.2, 0) is 4.74 Å². The molecular weight excluding hydrogens is 342 g/mol. The van der Waals surface area contributed by atoms with Gasteiger partial charge in [-0.2, -0.15) is 5.10 Å². The molecule has 0 heterocycles. The lowest BCUT2D eigenvalue weighted by Gasteiger charge is -2.13. The number of benzene rings is 1. The summed E-state index contributed by atoms with van der Waals surface area (Å²) in [6.45, 7) is 2.55. The maximum absolute atomic E-state index is 5.25. The van der Waals surface area contributed by atoms with E-state index in [-0.39, 0.29) is 6.04 Å². The number of nitrogens with zero attached hydrogens (tertiary/aromatic N) is 1. The molecule has 0 aliphatic heterocycles. The summed E-state index contributed by atoms with van der Waals surface area (Å²) < 4.78 is 11.2. The highest BCUT2D eigenvalue weighted by Gasteiger charge is 2.03. The monoisotopic (exact) mass is 359 g/mol. The van der Waals surface area contributed by atoms with E-state index in [1.54, 1.807) is 20.4 Å². The highest BCUT2D eigenvalue weighted by atomic mass is 79.9. The molecular formula is C13H18BrN3O2S. The first-order chi connectivity index (χ1) is 9.56. The number of ether oxygens (including phenoxy) is 2. The fourth-order valence-corrected chi connectivity index (χ4v) is 2.15. The third-order valence-corrected chi connectivity index (χ3v) is 3.06. The molecule has 0 spiro atoms. The minimum atomic E-state index is 0.121. The van der Waals surface area contributed by atoms with Gasteiger partial charge in [-0.25, -0.2) is 0 Å². The molecule has 0 aromatic heterocycles. The van der Waals surface area contributed by atoms with Crippen LogP contribution in [-0.4, -0.2) is 38.2 Å². The first kappa shape index (κ1) is 16.9. The molecule has 5 nitrogen and oxygen atoms in total. The average molecular weight is 360 g/mol. The minimum Gasteiger partial charge on any atom is -0.496 e. The summed E-state index contributed by atoms with van der Waals surface area (Å²) in [6, 6.07) is 5.80. The van der Waals surface area contributed by atoms with E-state index >= 15 is 0 Å². The topological polar surface area (TPSA) is 54.9 Å².